The number of hydrogen-bond acceptors (Lipinski definition) is 4. The van der Waals surface area contributed by atoms with Gasteiger partial charge in [-0.05, 0) is 36.6 Å². The minimum Gasteiger partial charge on any atom is -0.477 e. The summed E-state index contributed by atoms with van der Waals surface area (Å²) in [5.41, 5.74) is 2.68. The number of aromatic carboxylic acids is 1. The Labute approximate surface area is 122 Å². The van der Waals surface area contributed by atoms with Crippen molar-refractivity contribution >= 4 is 18.1 Å². The van der Waals surface area contributed by atoms with E-state index >= 15 is 0 Å². The molecule has 21 heavy (non-hydrogen) atoms. The van der Waals surface area contributed by atoms with Gasteiger partial charge in [0.05, 0.1) is 5.69 Å². The lowest BCUT2D eigenvalue weighted by molar-refractivity contribution is 0.0690. The van der Waals surface area contributed by atoms with Gasteiger partial charge in [-0.1, -0.05) is 18.6 Å². The molecule has 1 fully saturated rings. The van der Waals surface area contributed by atoms with Crippen molar-refractivity contribution in [1.29, 1.82) is 0 Å². The highest BCUT2D eigenvalue weighted by Crippen LogP contribution is 2.35. The molecule has 5 heteroatoms. The molecule has 5 nitrogen and oxygen atoms in total. The van der Waals surface area contributed by atoms with E-state index in [4.69, 9.17) is 5.11 Å². The Morgan fingerprint density at radius 3 is 2.67 bits per heavy atom. The molecule has 0 atom stereocenters. The molecule has 1 saturated carbocycles. The topological polar surface area (TPSA) is 76.0 Å². The van der Waals surface area contributed by atoms with Crippen LogP contribution in [0.4, 0.5) is 0 Å². The zero-order chi connectivity index (χ0) is 14.7. The van der Waals surface area contributed by atoms with Gasteiger partial charge in [0.25, 0.3) is 0 Å². The third-order valence-corrected chi connectivity index (χ3v) is 3.69. The molecule has 0 saturated heterocycles. The SMILES string of the molecule is O=C(O)c1cc(/C=C/c2ccc(C3CCC3)nc2)ncn1. The van der Waals surface area contributed by atoms with Crippen molar-refractivity contribution in [3.8, 4) is 0 Å². The number of nitrogens with zero attached hydrogens (tertiary/aromatic N) is 3. The summed E-state index contributed by atoms with van der Waals surface area (Å²) < 4.78 is 0. The average Bonchev–Trinajstić information content (AvgIpc) is 2.45. The van der Waals surface area contributed by atoms with Gasteiger partial charge in [-0.3, -0.25) is 4.98 Å². The Morgan fingerprint density at radius 1 is 1.19 bits per heavy atom. The van der Waals surface area contributed by atoms with Crippen LogP contribution in [0.25, 0.3) is 12.2 Å². The number of carboxylic acids is 1. The molecule has 0 radical (unpaired) electrons. The van der Waals surface area contributed by atoms with E-state index in [0.717, 1.165) is 11.3 Å². The number of hydrogen-bond donors (Lipinski definition) is 1. The number of rotatable bonds is 4. The van der Waals surface area contributed by atoms with Crippen LogP contribution in [0.3, 0.4) is 0 Å². The van der Waals surface area contributed by atoms with Crippen LogP contribution in [-0.4, -0.2) is 26.0 Å². The fraction of sp³-hybridized carbons (Fsp3) is 0.250. The smallest absolute Gasteiger partial charge is 0.354 e. The fourth-order valence-electron chi connectivity index (χ4n) is 2.22. The second kappa shape index (κ2) is 5.83. The van der Waals surface area contributed by atoms with Crippen molar-refractivity contribution in [2.24, 2.45) is 0 Å². The van der Waals surface area contributed by atoms with E-state index in [1.165, 1.54) is 31.7 Å². The molecule has 2 aromatic rings. The minimum atomic E-state index is -1.06. The normalized spacial score (nSPS) is 15.0. The van der Waals surface area contributed by atoms with Crippen LogP contribution in [0, 0.1) is 0 Å². The third-order valence-electron chi connectivity index (χ3n) is 3.69. The summed E-state index contributed by atoms with van der Waals surface area (Å²) in [6.45, 7) is 0. The van der Waals surface area contributed by atoms with E-state index in [1.54, 1.807) is 6.08 Å². The van der Waals surface area contributed by atoms with Crippen molar-refractivity contribution in [3.63, 3.8) is 0 Å². The van der Waals surface area contributed by atoms with Crippen molar-refractivity contribution in [1.82, 2.24) is 15.0 Å². The predicted molar refractivity (Wildman–Crippen MR) is 78.7 cm³/mol. The van der Waals surface area contributed by atoms with Gasteiger partial charge in [0.15, 0.2) is 5.69 Å². The molecule has 0 unspecified atom stereocenters. The van der Waals surface area contributed by atoms with Crippen LogP contribution in [0.2, 0.25) is 0 Å². The molecule has 1 aliphatic carbocycles. The van der Waals surface area contributed by atoms with E-state index in [-0.39, 0.29) is 5.69 Å². The van der Waals surface area contributed by atoms with E-state index in [2.05, 4.69) is 21.0 Å². The molecule has 2 heterocycles. The summed E-state index contributed by atoms with van der Waals surface area (Å²) in [5, 5.41) is 8.88. The number of pyridine rings is 1. The first-order chi connectivity index (χ1) is 10.2. The van der Waals surface area contributed by atoms with Crippen LogP contribution in [0.15, 0.2) is 30.7 Å². The Hall–Kier alpha value is -2.56. The number of carboxylic acid groups (broad SMARTS) is 1. The minimum absolute atomic E-state index is 0.0110. The molecule has 1 N–H and O–H groups in total. The Kier molecular flexibility index (Phi) is 3.73. The van der Waals surface area contributed by atoms with Crippen molar-refractivity contribution in [2.75, 3.05) is 0 Å². The first kappa shape index (κ1) is 13.4. The van der Waals surface area contributed by atoms with Crippen LogP contribution >= 0.6 is 0 Å². The van der Waals surface area contributed by atoms with Gasteiger partial charge in [0.2, 0.25) is 0 Å². The summed E-state index contributed by atoms with van der Waals surface area (Å²) >= 11 is 0. The van der Waals surface area contributed by atoms with Crippen molar-refractivity contribution in [3.05, 3.63) is 53.4 Å². The van der Waals surface area contributed by atoms with Gasteiger partial charge in [0, 0.05) is 17.8 Å². The summed E-state index contributed by atoms with van der Waals surface area (Å²) in [6.07, 6.45) is 10.5. The molecule has 0 aliphatic heterocycles. The third kappa shape index (κ3) is 3.13. The van der Waals surface area contributed by atoms with E-state index in [9.17, 15) is 4.79 Å². The maximum absolute atomic E-state index is 10.8. The highest BCUT2D eigenvalue weighted by molar-refractivity contribution is 5.86. The molecule has 0 bridgehead atoms. The highest BCUT2D eigenvalue weighted by Gasteiger charge is 2.20. The first-order valence-corrected chi connectivity index (χ1v) is 6.92. The molecule has 0 spiro atoms. The highest BCUT2D eigenvalue weighted by atomic mass is 16.4. The van der Waals surface area contributed by atoms with E-state index in [1.807, 2.05) is 18.3 Å². The van der Waals surface area contributed by atoms with Crippen LogP contribution in [-0.2, 0) is 0 Å². The maximum atomic E-state index is 10.8. The number of carbonyl (C=O) groups is 1. The van der Waals surface area contributed by atoms with Gasteiger partial charge in [-0.15, -0.1) is 0 Å². The van der Waals surface area contributed by atoms with Gasteiger partial charge >= 0.3 is 5.97 Å². The molecular weight excluding hydrogens is 266 g/mol. The second-order valence-corrected chi connectivity index (χ2v) is 5.11. The summed E-state index contributed by atoms with van der Waals surface area (Å²) in [5.74, 6) is -0.429. The molecule has 1 aliphatic rings. The molecular formula is C16H15N3O2. The lowest BCUT2D eigenvalue weighted by atomic mass is 9.82. The van der Waals surface area contributed by atoms with Crippen molar-refractivity contribution in [2.45, 2.75) is 25.2 Å². The zero-order valence-electron chi connectivity index (χ0n) is 11.4. The number of aromatic nitrogens is 3. The Bertz CT molecular complexity index is 676. The Morgan fingerprint density at radius 2 is 2.05 bits per heavy atom. The quantitative estimate of drug-likeness (QED) is 0.932. The lowest BCUT2D eigenvalue weighted by Gasteiger charge is -2.24. The predicted octanol–water partition coefficient (Wildman–Crippen LogP) is 3.01. The van der Waals surface area contributed by atoms with Gasteiger partial charge in [0.1, 0.15) is 6.33 Å². The molecule has 0 aromatic carbocycles. The largest absolute Gasteiger partial charge is 0.477 e. The van der Waals surface area contributed by atoms with Gasteiger partial charge in [-0.2, -0.15) is 0 Å². The second-order valence-electron chi connectivity index (χ2n) is 5.11. The lowest BCUT2D eigenvalue weighted by Crippen LogP contribution is -2.10. The average molecular weight is 281 g/mol. The van der Waals surface area contributed by atoms with Gasteiger partial charge in [-0.25, -0.2) is 14.8 Å². The van der Waals surface area contributed by atoms with Crippen LogP contribution in [0.1, 0.15) is 52.6 Å². The molecule has 2 aromatic heterocycles. The zero-order valence-corrected chi connectivity index (χ0v) is 11.4. The van der Waals surface area contributed by atoms with Crippen molar-refractivity contribution < 1.29 is 9.90 Å². The van der Waals surface area contributed by atoms with E-state index < -0.39 is 5.97 Å². The van der Waals surface area contributed by atoms with Crippen LogP contribution in [0.5, 0.6) is 0 Å². The summed E-state index contributed by atoms with van der Waals surface area (Å²) in [7, 11) is 0. The van der Waals surface area contributed by atoms with Gasteiger partial charge < -0.3 is 5.11 Å². The monoisotopic (exact) mass is 281 g/mol. The maximum Gasteiger partial charge on any atom is 0.354 e. The van der Waals surface area contributed by atoms with E-state index in [0.29, 0.717) is 11.6 Å². The van der Waals surface area contributed by atoms with Crippen LogP contribution < -0.4 is 0 Å². The Balaban J connectivity index is 1.73. The molecule has 0 amide bonds. The molecule has 3 rings (SSSR count). The summed E-state index contributed by atoms with van der Waals surface area (Å²) in [4.78, 5) is 23.0. The first-order valence-electron chi connectivity index (χ1n) is 6.92. The fourth-order valence-corrected chi connectivity index (χ4v) is 2.22. The standard InChI is InChI=1S/C16H15N3O2/c20-16(21)15-8-13(18-10-19-15)6-4-11-5-7-14(17-9-11)12-2-1-3-12/h4-10,12H,1-3H2,(H,20,21)/b6-4+. The summed E-state index contributed by atoms with van der Waals surface area (Å²) in [6, 6.07) is 5.53. The molecule has 106 valence electrons.